The molecule has 57 heavy (non-hydrogen) atoms. The van der Waals surface area contributed by atoms with E-state index >= 15 is 0 Å². The van der Waals surface area contributed by atoms with Crippen molar-refractivity contribution >= 4 is 19.8 Å². The van der Waals surface area contributed by atoms with Crippen LogP contribution in [0.3, 0.4) is 0 Å². The fourth-order valence-electron chi connectivity index (χ4n) is 6.33. The van der Waals surface area contributed by atoms with Crippen LogP contribution in [0.4, 0.5) is 0 Å². The van der Waals surface area contributed by atoms with Gasteiger partial charge in [0.05, 0.1) is 13.2 Å². The Kier molecular flexibility index (Phi) is 42.0. The third kappa shape index (κ3) is 43.4. The maximum absolute atomic E-state index is 12.6. The molecule has 9 nitrogen and oxygen atoms in total. The van der Waals surface area contributed by atoms with E-state index in [2.05, 4.69) is 62.5 Å². The summed E-state index contributed by atoms with van der Waals surface area (Å²) in [6.07, 6.45) is 50.0. The molecule has 2 atom stereocenters. The van der Waals surface area contributed by atoms with Gasteiger partial charge in [0.25, 0.3) is 0 Å². The van der Waals surface area contributed by atoms with E-state index in [-0.39, 0.29) is 38.6 Å². The number of phosphoric acid groups is 1. The number of esters is 2. The number of carbonyl (C=O) groups excluding carboxylic acids is 2. The van der Waals surface area contributed by atoms with E-state index in [9.17, 15) is 19.0 Å². The molecule has 0 bridgehead atoms. The smallest absolute Gasteiger partial charge is 0.462 e. The van der Waals surface area contributed by atoms with E-state index in [4.69, 9.17) is 24.3 Å². The number of unbranched alkanes of at least 4 members (excludes halogenated alkanes) is 22. The minimum absolute atomic E-state index is 0.0485. The number of carbonyl (C=O) groups is 2. The molecule has 0 aliphatic carbocycles. The molecule has 0 rings (SSSR count). The molecular weight excluding hydrogens is 737 g/mol. The molecule has 0 aliphatic rings. The molecule has 0 saturated heterocycles. The lowest BCUT2D eigenvalue weighted by Crippen LogP contribution is -2.29. The zero-order chi connectivity index (χ0) is 41.8. The summed E-state index contributed by atoms with van der Waals surface area (Å²) in [5, 5.41) is 0. The summed E-state index contributed by atoms with van der Waals surface area (Å²) in [6, 6.07) is 0. The molecule has 0 aromatic heterocycles. The number of hydrogen-bond donors (Lipinski definition) is 2. The molecule has 2 unspecified atom stereocenters. The quantitative estimate of drug-likeness (QED) is 0.0267. The van der Waals surface area contributed by atoms with Crippen LogP contribution in [0.1, 0.15) is 206 Å². The van der Waals surface area contributed by atoms with Gasteiger partial charge in [0.2, 0.25) is 0 Å². The van der Waals surface area contributed by atoms with E-state index in [0.29, 0.717) is 6.42 Å². The van der Waals surface area contributed by atoms with E-state index in [1.54, 1.807) is 0 Å². The van der Waals surface area contributed by atoms with E-state index < -0.39 is 26.5 Å². The van der Waals surface area contributed by atoms with E-state index in [1.807, 2.05) is 0 Å². The molecule has 0 aliphatic heterocycles. The molecule has 0 radical (unpaired) electrons. The second kappa shape index (κ2) is 43.5. The fraction of sp³-hybridized carbons (Fsp3) is 0.787. The second-order valence-electron chi connectivity index (χ2n) is 15.2. The zero-order valence-corrected chi connectivity index (χ0v) is 37.5. The van der Waals surface area contributed by atoms with Crippen molar-refractivity contribution in [3.63, 3.8) is 0 Å². The first-order valence-corrected chi connectivity index (χ1v) is 24.6. The maximum Gasteiger partial charge on any atom is 0.472 e. The first kappa shape index (κ1) is 55.0. The Morgan fingerprint density at radius 2 is 0.965 bits per heavy atom. The van der Waals surface area contributed by atoms with Gasteiger partial charge < -0.3 is 20.1 Å². The van der Waals surface area contributed by atoms with Gasteiger partial charge in [-0.3, -0.25) is 18.6 Å². The number of allylic oxidation sites excluding steroid dienone is 8. The van der Waals surface area contributed by atoms with Crippen LogP contribution in [0.15, 0.2) is 48.6 Å². The summed E-state index contributed by atoms with van der Waals surface area (Å²) < 4.78 is 32.8. The Hall–Kier alpha value is -2.03. The topological polar surface area (TPSA) is 134 Å². The summed E-state index contributed by atoms with van der Waals surface area (Å²) in [5.41, 5.74) is 5.35. The summed E-state index contributed by atoms with van der Waals surface area (Å²) >= 11 is 0. The standard InChI is InChI=1S/C47H86NO8P/c1-3-5-7-9-11-13-15-17-19-21-22-24-25-27-29-31-33-35-37-39-46(49)53-43-45(44-55-57(51,52)54-42-41-48)56-47(50)40-38-36-34-32-30-28-26-23-20-18-16-14-12-10-8-6-4-2/h6,8,12,14,18,20,26,28,45H,3-5,7,9-11,13,15-17,19,21-25,27,29-44,48H2,1-2H3,(H,51,52)/b8-6-,14-12-,20-18-,28-26-. The van der Waals surface area contributed by atoms with Gasteiger partial charge in [-0.05, 0) is 51.4 Å². The van der Waals surface area contributed by atoms with Crippen LogP contribution < -0.4 is 5.73 Å². The van der Waals surface area contributed by atoms with Gasteiger partial charge in [0.15, 0.2) is 6.10 Å². The average molecular weight is 824 g/mol. The van der Waals surface area contributed by atoms with E-state index in [0.717, 1.165) is 70.6 Å². The molecule has 0 aromatic rings. The van der Waals surface area contributed by atoms with Gasteiger partial charge in [-0.15, -0.1) is 0 Å². The van der Waals surface area contributed by atoms with Crippen molar-refractivity contribution in [1.82, 2.24) is 0 Å². The predicted molar refractivity (Wildman–Crippen MR) is 238 cm³/mol. The lowest BCUT2D eigenvalue weighted by molar-refractivity contribution is -0.161. The average Bonchev–Trinajstić information content (AvgIpc) is 3.20. The van der Waals surface area contributed by atoms with Gasteiger partial charge >= 0.3 is 19.8 Å². The highest BCUT2D eigenvalue weighted by Crippen LogP contribution is 2.43. The van der Waals surface area contributed by atoms with Crippen molar-refractivity contribution < 1.29 is 37.6 Å². The van der Waals surface area contributed by atoms with Gasteiger partial charge in [-0.2, -0.15) is 0 Å². The molecule has 0 aromatic carbocycles. The van der Waals surface area contributed by atoms with Crippen molar-refractivity contribution in [3.8, 4) is 0 Å². The Morgan fingerprint density at radius 1 is 0.544 bits per heavy atom. The minimum Gasteiger partial charge on any atom is -0.462 e. The largest absolute Gasteiger partial charge is 0.472 e. The maximum atomic E-state index is 12.6. The third-order valence-electron chi connectivity index (χ3n) is 9.73. The van der Waals surface area contributed by atoms with Crippen LogP contribution in [-0.4, -0.2) is 49.3 Å². The lowest BCUT2D eigenvalue weighted by atomic mass is 10.0. The number of hydrogen-bond acceptors (Lipinski definition) is 8. The van der Waals surface area contributed by atoms with Crippen LogP contribution >= 0.6 is 7.82 Å². The summed E-state index contributed by atoms with van der Waals surface area (Å²) in [4.78, 5) is 34.9. The number of ether oxygens (including phenoxy) is 2. The van der Waals surface area contributed by atoms with Crippen molar-refractivity contribution in [3.05, 3.63) is 48.6 Å². The third-order valence-corrected chi connectivity index (χ3v) is 10.7. The first-order chi connectivity index (χ1) is 27.8. The van der Waals surface area contributed by atoms with Gasteiger partial charge in [0, 0.05) is 19.4 Å². The Bertz CT molecular complexity index is 1080. The van der Waals surface area contributed by atoms with E-state index in [1.165, 1.54) is 103 Å². The number of nitrogens with two attached hydrogens (primary N) is 1. The van der Waals surface area contributed by atoms with Crippen LogP contribution in [0.25, 0.3) is 0 Å². The Balaban J connectivity index is 4.13. The van der Waals surface area contributed by atoms with Crippen LogP contribution in [0, 0.1) is 0 Å². The highest BCUT2D eigenvalue weighted by molar-refractivity contribution is 7.47. The van der Waals surface area contributed by atoms with Gasteiger partial charge in [-0.1, -0.05) is 191 Å². The van der Waals surface area contributed by atoms with Crippen molar-refractivity contribution in [2.24, 2.45) is 5.73 Å². The Morgan fingerprint density at radius 3 is 1.44 bits per heavy atom. The van der Waals surface area contributed by atoms with Crippen molar-refractivity contribution in [1.29, 1.82) is 0 Å². The van der Waals surface area contributed by atoms with Crippen molar-refractivity contribution in [2.75, 3.05) is 26.4 Å². The monoisotopic (exact) mass is 824 g/mol. The minimum atomic E-state index is -4.39. The summed E-state index contributed by atoms with van der Waals surface area (Å²) in [6.45, 7) is 3.61. The predicted octanol–water partition coefficient (Wildman–Crippen LogP) is 13.5. The molecule has 0 fully saturated rings. The van der Waals surface area contributed by atoms with Crippen LogP contribution in [-0.2, 0) is 32.7 Å². The molecule has 10 heteroatoms. The highest BCUT2D eigenvalue weighted by Gasteiger charge is 2.26. The molecule has 0 spiro atoms. The molecule has 0 saturated carbocycles. The highest BCUT2D eigenvalue weighted by atomic mass is 31.2. The number of phosphoric ester groups is 1. The summed E-state index contributed by atoms with van der Waals surface area (Å²) in [5.74, 6) is -0.851. The lowest BCUT2D eigenvalue weighted by Gasteiger charge is -2.19. The fourth-order valence-corrected chi connectivity index (χ4v) is 7.10. The molecular formula is C47H86NO8P. The normalized spacial score (nSPS) is 13.7. The second-order valence-corrected chi connectivity index (χ2v) is 16.7. The van der Waals surface area contributed by atoms with Crippen molar-refractivity contribution in [2.45, 2.75) is 213 Å². The zero-order valence-electron chi connectivity index (χ0n) is 36.6. The SMILES string of the molecule is CC/C=C\C/C=C\C/C=C\C/C=C\CCCCCCC(=O)OC(COC(=O)CCCCCCCCCCCCCCCCCCCCC)COP(=O)(O)OCCN. The van der Waals surface area contributed by atoms with Crippen LogP contribution in [0.2, 0.25) is 0 Å². The molecule has 0 amide bonds. The van der Waals surface area contributed by atoms with Crippen LogP contribution in [0.5, 0.6) is 0 Å². The van der Waals surface area contributed by atoms with Gasteiger partial charge in [0.1, 0.15) is 6.61 Å². The molecule has 332 valence electrons. The first-order valence-electron chi connectivity index (χ1n) is 23.1. The summed E-state index contributed by atoms with van der Waals surface area (Å²) in [7, 11) is -4.39. The molecule has 3 N–H and O–H groups in total. The molecule has 0 heterocycles. The van der Waals surface area contributed by atoms with Gasteiger partial charge in [-0.25, -0.2) is 4.57 Å². The number of rotatable bonds is 43. The Labute approximate surface area is 349 Å².